The van der Waals surface area contributed by atoms with Crippen molar-refractivity contribution in [3.8, 4) is 0 Å². The van der Waals surface area contributed by atoms with E-state index in [0.717, 1.165) is 12.0 Å². The molecule has 1 N–H and O–H groups in total. The SMILES string of the molecule is O=C(NCc1cccc(Cl)c1)[C@@H]1CC(=O)N(CCc2ccccc2)C1. The van der Waals surface area contributed by atoms with Crippen LogP contribution >= 0.6 is 11.6 Å². The summed E-state index contributed by atoms with van der Waals surface area (Å²) in [4.78, 5) is 26.3. The molecule has 0 radical (unpaired) electrons. The zero-order valence-corrected chi connectivity index (χ0v) is 14.7. The predicted octanol–water partition coefficient (Wildman–Crippen LogP) is 3.05. The molecule has 1 aliphatic heterocycles. The number of hydrogen-bond donors (Lipinski definition) is 1. The molecule has 5 heteroatoms. The maximum absolute atomic E-state index is 12.3. The van der Waals surface area contributed by atoms with Gasteiger partial charge in [-0.1, -0.05) is 54.1 Å². The maximum atomic E-state index is 12.3. The van der Waals surface area contributed by atoms with E-state index in [1.807, 2.05) is 36.4 Å². The molecule has 25 heavy (non-hydrogen) atoms. The van der Waals surface area contributed by atoms with E-state index in [-0.39, 0.29) is 24.2 Å². The van der Waals surface area contributed by atoms with Crippen LogP contribution in [0, 0.1) is 5.92 Å². The molecule has 0 aliphatic carbocycles. The Labute approximate surface area is 152 Å². The first-order chi connectivity index (χ1) is 12.1. The van der Waals surface area contributed by atoms with E-state index >= 15 is 0 Å². The van der Waals surface area contributed by atoms with Crippen LogP contribution in [0.5, 0.6) is 0 Å². The van der Waals surface area contributed by atoms with E-state index in [1.165, 1.54) is 5.56 Å². The fourth-order valence-electron chi connectivity index (χ4n) is 3.05. The number of nitrogens with one attached hydrogen (secondary N) is 1. The highest BCUT2D eigenvalue weighted by atomic mass is 35.5. The highest BCUT2D eigenvalue weighted by Gasteiger charge is 2.33. The molecule has 0 unspecified atom stereocenters. The van der Waals surface area contributed by atoms with E-state index in [1.54, 1.807) is 11.0 Å². The van der Waals surface area contributed by atoms with Crippen LogP contribution in [0.4, 0.5) is 0 Å². The normalized spacial score (nSPS) is 16.9. The van der Waals surface area contributed by atoms with Crippen molar-refractivity contribution in [3.05, 3.63) is 70.7 Å². The van der Waals surface area contributed by atoms with Crippen molar-refractivity contribution in [2.45, 2.75) is 19.4 Å². The van der Waals surface area contributed by atoms with Crippen molar-refractivity contribution in [1.29, 1.82) is 0 Å². The Morgan fingerprint density at radius 1 is 1.12 bits per heavy atom. The Morgan fingerprint density at radius 2 is 1.88 bits per heavy atom. The lowest BCUT2D eigenvalue weighted by Gasteiger charge is -2.16. The van der Waals surface area contributed by atoms with Gasteiger partial charge < -0.3 is 10.2 Å². The smallest absolute Gasteiger partial charge is 0.225 e. The van der Waals surface area contributed by atoms with Crippen molar-refractivity contribution in [3.63, 3.8) is 0 Å². The summed E-state index contributed by atoms with van der Waals surface area (Å²) in [6, 6.07) is 17.5. The van der Waals surface area contributed by atoms with Gasteiger partial charge in [-0.2, -0.15) is 0 Å². The van der Waals surface area contributed by atoms with Crippen molar-refractivity contribution in [1.82, 2.24) is 10.2 Å². The quantitative estimate of drug-likeness (QED) is 0.864. The average molecular weight is 357 g/mol. The third kappa shape index (κ3) is 4.83. The summed E-state index contributed by atoms with van der Waals surface area (Å²) in [5, 5.41) is 3.55. The summed E-state index contributed by atoms with van der Waals surface area (Å²) in [6.45, 7) is 1.57. The fourth-order valence-corrected chi connectivity index (χ4v) is 3.27. The molecule has 0 bridgehead atoms. The molecular formula is C20H21ClN2O2. The number of benzene rings is 2. The summed E-state index contributed by atoms with van der Waals surface area (Å²) >= 11 is 5.95. The van der Waals surface area contributed by atoms with Gasteiger partial charge in [-0.05, 0) is 29.7 Å². The van der Waals surface area contributed by atoms with Gasteiger partial charge in [0.25, 0.3) is 0 Å². The van der Waals surface area contributed by atoms with E-state index in [2.05, 4.69) is 17.4 Å². The molecule has 1 heterocycles. The minimum atomic E-state index is -0.276. The van der Waals surface area contributed by atoms with Gasteiger partial charge in [-0.15, -0.1) is 0 Å². The third-order valence-electron chi connectivity index (χ3n) is 4.45. The summed E-state index contributed by atoms with van der Waals surface area (Å²) in [7, 11) is 0. The van der Waals surface area contributed by atoms with Gasteiger partial charge >= 0.3 is 0 Å². The molecule has 1 saturated heterocycles. The topological polar surface area (TPSA) is 49.4 Å². The van der Waals surface area contributed by atoms with E-state index in [0.29, 0.717) is 24.7 Å². The largest absolute Gasteiger partial charge is 0.352 e. The lowest BCUT2D eigenvalue weighted by atomic mass is 10.1. The number of likely N-dealkylation sites (tertiary alicyclic amines) is 1. The average Bonchev–Trinajstić information content (AvgIpc) is 3.00. The van der Waals surface area contributed by atoms with Crippen molar-refractivity contribution in [2.24, 2.45) is 5.92 Å². The highest BCUT2D eigenvalue weighted by Crippen LogP contribution is 2.19. The Kier molecular flexibility index (Phi) is 5.71. The molecule has 1 atom stereocenters. The Hall–Kier alpha value is -2.33. The Balaban J connectivity index is 1.48. The summed E-state index contributed by atoms with van der Waals surface area (Å²) in [5.74, 6) is -0.295. The molecule has 1 aliphatic rings. The van der Waals surface area contributed by atoms with Crippen LogP contribution < -0.4 is 5.32 Å². The summed E-state index contributed by atoms with van der Waals surface area (Å²) in [5.41, 5.74) is 2.15. The fraction of sp³-hybridized carbons (Fsp3) is 0.300. The second-order valence-electron chi connectivity index (χ2n) is 6.32. The maximum Gasteiger partial charge on any atom is 0.225 e. The molecule has 2 aromatic rings. The number of amides is 2. The molecule has 0 spiro atoms. The van der Waals surface area contributed by atoms with Crippen molar-refractivity contribution >= 4 is 23.4 Å². The highest BCUT2D eigenvalue weighted by molar-refractivity contribution is 6.30. The molecule has 2 amide bonds. The van der Waals surface area contributed by atoms with Gasteiger partial charge in [0.1, 0.15) is 0 Å². The first-order valence-corrected chi connectivity index (χ1v) is 8.83. The zero-order chi connectivity index (χ0) is 17.6. The molecule has 0 saturated carbocycles. The van der Waals surface area contributed by atoms with E-state index in [4.69, 9.17) is 11.6 Å². The van der Waals surface area contributed by atoms with Crippen LogP contribution in [0.2, 0.25) is 5.02 Å². The first-order valence-electron chi connectivity index (χ1n) is 8.45. The molecule has 4 nitrogen and oxygen atoms in total. The zero-order valence-electron chi connectivity index (χ0n) is 14.0. The second kappa shape index (κ2) is 8.17. The molecular weight excluding hydrogens is 336 g/mol. The number of rotatable bonds is 6. The van der Waals surface area contributed by atoms with Crippen LogP contribution in [0.3, 0.4) is 0 Å². The molecule has 2 aromatic carbocycles. The minimum absolute atomic E-state index is 0.0545. The van der Waals surface area contributed by atoms with E-state index in [9.17, 15) is 9.59 Å². The van der Waals surface area contributed by atoms with E-state index < -0.39 is 0 Å². The number of carbonyl (C=O) groups is 2. The first kappa shape index (κ1) is 17.5. The van der Waals surface area contributed by atoms with Gasteiger partial charge in [0.05, 0.1) is 5.92 Å². The summed E-state index contributed by atoms with van der Waals surface area (Å²) < 4.78 is 0. The van der Waals surface area contributed by atoms with Crippen molar-refractivity contribution in [2.75, 3.05) is 13.1 Å². The number of carbonyl (C=O) groups excluding carboxylic acids is 2. The monoisotopic (exact) mass is 356 g/mol. The van der Waals surface area contributed by atoms with Gasteiger partial charge in [0.2, 0.25) is 11.8 Å². The van der Waals surface area contributed by atoms with Crippen LogP contribution in [0.15, 0.2) is 54.6 Å². The second-order valence-corrected chi connectivity index (χ2v) is 6.76. The number of hydrogen-bond acceptors (Lipinski definition) is 2. The van der Waals surface area contributed by atoms with Crippen molar-refractivity contribution < 1.29 is 9.59 Å². The summed E-state index contributed by atoms with van der Waals surface area (Å²) in [6.07, 6.45) is 1.10. The minimum Gasteiger partial charge on any atom is -0.352 e. The third-order valence-corrected chi connectivity index (χ3v) is 4.69. The number of halogens is 1. The van der Waals surface area contributed by atoms with Crippen LogP contribution in [0.1, 0.15) is 17.5 Å². The van der Waals surface area contributed by atoms with Gasteiger partial charge in [0, 0.05) is 31.1 Å². The molecule has 1 fully saturated rings. The molecule has 0 aromatic heterocycles. The molecule has 3 rings (SSSR count). The number of nitrogens with zero attached hydrogens (tertiary/aromatic N) is 1. The van der Waals surface area contributed by atoms with Gasteiger partial charge in [0.15, 0.2) is 0 Å². The van der Waals surface area contributed by atoms with Crippen LogP contribution in [-0.2, 0) is 22.6 Å². The Morgan fingerprint density at radius 3 is 2.64 bits per heavy atom. The standard InChI is InChI=1S/C20H21ClN2O2/c21-18-8-4-7-16(11-18)13-22-20(25)17-12-19(24)23(14-17)10-9-15-5-2-1-3-6-15/h1-8,11,17H,9-10,12-14H2,(H,22,25)/t17-/m1/s1. The van der Waals surface area contributed by atoms with Gasteiger partial charge in [-0.3, -0.25) is 9.59 Å². The lowest BCUT2D eigenvalue weighted by molar-refractivity contribution is -0.129. The van der Waals surface area contributed by atoms with Gasteiger partial charge in [-0.25, -0.2) is 0 Å². The van der Waals surface area contributed by atoms with Crippen LogP contribution in [0.25, 0.3) is 0 Å². The lowest BCUT2D eigenvalue weighted by Crippen LogP contribution is -2.33. The van der Waals surface area contributed by atoms with Crippen LogP contribution in [-0.4, -0.2) is 29.8 Å². The molecule has 130 valence electrons. The predicted molar refractivity (Wildman–Crippen MR) is 98.1 cm³/mol. The Bertz CT molecular complexity index is 748.